The van der Waals surface area contributed by atoms with E-state index in [1.807, 2.05) is 13.0 Å². The molecular weight excluding hydrogens is 372 g/mol. The summed E-state index contributed by atoms with van der Waals surface area (Å²) < 4.78 is 15.9. The van der Waals surface area contributed by atoms with Crippen LogP contribution in [0.25, 0.3) is 0 Å². The molecular formula is C22H22N2O5. The van der Waals surface area contributed by atoms with Gasteiger partial charge in [0.25, 0.3) is 11.8 Å². The van der Waals surface area contributed by atoms with E-state index in [0.29, 0.717) is 24.6 Å². The smallest absolute Gasteiger partial charge is 0.291 e. The predicted molar refractivity (Wildman–Crippen MR) is 108 cm³/mol. The van der Waals surface area contributed by atoms with Crippen molar-refractivity contribution >= 4 is 17.5 Å². The summed E-state index contributed by atoms with van der Waals surface area (Å²) in [6.45, 7) is 2.73. The molecule has 0 fully saturated rings. The van der Waals surface area contributed by atoms with Crippen LogP contribution < -0.4 is 20.1 Å². The zero-order chi connectivity index (χ0) is 20.5. The van der Waals surface area contributed by atoms with Gasteiger partial charge in [0.15, 0.2) is 12.4 Å². The first-order valence-corrected chi connectivity index (χ1v) is 9.20. The van der Waals surface area contributed by atoms with Crippen molar-refractivity contribution in [3.63, 3.8) is 0 Å². The Labute approximate surface area is 168 Å². The lowest BCUT2D eigenvalue weighted by Crippen LogP contribution is -2.28. The minimum atomic E-state index is -0.333. The van der Waals surface area contributed by atoms with Gasteiger partial charge >= 0.3 is 0 Å². The first kappa shape index (κ1) is 20.0. The molecule has 0 spiro atoms. The van der Waals surface area contributed by atoms with Crippen LogP contribution in [0.4, 0.5) is 5.69 Å². The van der Waals surface area contributed by atoms with Crippen molar-refractivity contribution < 1.29 is 23.5 Å². The number of carbonyl (C=O) groups is 2. The number of ether oxygens (including phenoxy) is 2. The number of anilines is 1. The van der Waals surface area contributed by atoms with E-state index in [4.69, 9.17) is 13.9 Å². The van der Waals surface area contributed by atoms with Gasteiger partial charge in [0, 0.05) is 12.2 Å². The van der Waals surface area contributed by atoms with Crippen LogP contribution in [-0.4, -0.2) is 25.0 Å². The number of benzene rings is 2. The molecule has 3 rings (SSSR count). The SMILES string of the molecule is CCOc1ccc(OCC(=O)NCc2cccc(NC(=O)c3ccco3)c2)cc1. The van der Waals surface area contributed by atoms with Gasteiger partial charge in [0.05, 0.1) is 12.9 Å². The van der Waals surface area contributed by atoms with E-state index >= 15 is 0 Å². The largest absolute Gasteiger partial charge is 0.494 e. The summed E-state index contributed by atoms with van der Waals surface area (Å²) in [6, 6.07) is 17.5. The topological polar surface area (TPSA) is 89.8 Å². The molecule has 2 aromatic carbocycles. The van der Waals surface area contributed by atoms with Crippen LogP contribution in [0, 0.1) is 0 Å². The van der Waals surface area contributed by atoms with Crippen molar-refractivity contribution in [3.8, 4) is 11.5 Å². The maximum Gasteiger partial charge on any atom is 0.291 e. The molecule has 0 aliphatic carbocycles. The van der Waals surface area contributed by atoms with E-state index in [-0.39, 0.29) is 24.2 Å². The average Bonchev–Trinajstić information content (AvgIpc) is 3.27. The third-order valence-electron chi connectivity index (χ3n) is 3.92. The molecule has 0 bridgehead atoms. The van der Waals surface area contributed by atoms with E-state index in [2.05, 4.69) is 10.6 Å². The van der Waals surface area contributed by atoms with Crippen molar-refractivity contribution in [1.29, 1.82) is 0 Å². The van der Waals surface area contributed by atoms with Crippen LogP contribution in [0.5, 0.6) is 11.5 Å². The molecule has 3 aromatic rings. The van der Waals surface area contributed by atoms with Crippen LogP contribution in [0.2, 0.25) is 0 Å². The fraction of sp³-hybridized carbons (Fsp3) is 0.182. The van der Waals surface area contributed by atoms with Crippen molar-refractivity contribution in [2.45, 2.75) is 13.5 Å². The molecule has 7 heteroatoms. The molecule has 0 saturated heterocycles. The van der Waals surface area contributed by atoms with Gasteiger partial charge in [0.1, 0.15) is 11.5 Å². The number of hydrogen-bond acceptors (Lipinski definition) is 5. The molecule has 150 valence electrons. The molecule has 0 aliphatic heterocycles. The molecule has 2 N–H and O–H groups in total. The quantitative estimate of drug-likeness (QED) is 0.579. The highest BCUT2D eigenvalue weighted by Crippen LogP contribution is 2.17. The normalized spacial score (nSPS) is 10.2. The standard InChI is InChI=1S/C22H22N2O5/c1-2-27-18-8-10-19(11-9-18)29-15-21(25)23-14-16-5-3-6-17(13-16)24-22(26)20-7-4-12-28-20/h3-13H,2,14-15H2,1H3,(H,23,25)(H,24,26). The van der Waals surface area contributed by atoms with Crippen molar-refractivity contribution in [3.05, 3.63) is 78.3 Å². The van der Waals surface area contributed by atoms with Gasteiger partial charge in [-0.25, -0.2) is 0 Å². The zero-order valence-electron chi connectivity index (χ0n) is 16.0. The van der Waals surface area contributed by atoms with Crippen molar-refractivity contribution in [2.24, 2.45) is 0 Å². The first-order chi connectivity index (χ1) is 14.1. The Hall–Kier alpha value is -3.74. The van der Waals surface area contributed by atoms with Crippen molar-refractivity contribution in [1.82, 2.24) is 5.32 Å². The number of carbonyl (C=O) groups excluding carboxylic acids is 2. The van der Waals surface area contributed by atoms with E-state index in [0.717, 1.165) is 11.3 Å². The molecule has 0 saturated carbocycles. The Balaban J connectivity index is 1.45. The van der Waals surface area contributed by atoms with Crippen LogP contribution in [0.1, 0.15) is 23.0 Å². The van der Waals surface area contributed by atoms with Crippen LogP contribution >= 0.6 is 0 Å². The third kappa shape index (κ3) is 6.14. The minimum Gasteiger partial charge on any atom is -0.494 e. The van der Waals surface area contributed by atoms with Crippen molar-refractivity contribution in [2.75, 3.05) is 18.5 Å². The highest BCUT2D eigenvalue weighted by molar-refractivity contribution is 6.02. The maximum absolute atomic E-state index is 12.0. The third-order valence-corrected chi connectivity index (χ3v) is 3.92. The molecule has 1 heterocycles. The highest BCUT2D eigenvalue weighted by Gasteiger charge is 2.09. The molecule has 29 heavy (non-hydrogen) atoms. The fourth-order valence-corrected chi connectivity index (χ4v) is 2.56. The summed E-state index contributed by atoms with van der Waals surface area (Å²) in [5.41, 5.74) is 1.46. The van der Waals surface area contributed by atoms with Gasteiger partial charge in [-0.05, 0) is 61.0 Å². The van der Waals surface area contributed by atoms with Crippen LogP contribution in [-0.2, 0) is 11.3 Å². The lowest BCUT2D eigenvalue weighted by atomic mass is 10.2. The molecule has 7 nitrogen and oxygen atoms in total. The molecule has 0 aliphatic rings. The number of nitrogens with one attached hydrogen (secondary N) is 2. The molecule has 1 aromatic heterocycles. The summed E-state index contributed by atoms with van der Waals surface area (Å²) in [6.07, 6.45) is 1.44. The van der Waals surface area contributed by atoms with E-state index < -0.39 is 0 Å². The summed E-state index contributed by atoms with van der Waals surface area (Å²) in [5, 5.41) is 5.54. The number of amides is 2. The summed E-state index contributed by atoms with van der Waals surface area (Å²) in [5.74, 6) is 0.994. The van der Waals surface area contributed by atoms with Gasteiger partial charge < -0.3 is 24.5 Å². The summed E-state index contributed by atoms with van der Waals surface area (Å²) in [7, 11) is 0. The average molecular weight is 394 g/mol. The van der Waals surface area contributed by atoms with Crippen LogP contribution in [0.15, 0.2) is 71.3 Å². The lowest BCUT2D eigenvalue weighted by molar-refractivity contribution is -0.123. The Morgan fingerprint density at radius 2 is 1.72 bits per heavy atom. The molecule has 2 amide bonds. The van der Waals surface area contributed by atoms with Gasteiger partial charge in [-0.1, -0.05) is 12.1 Å². The van der Waals surface area contributed by atoms with E-state index in [1.165, 1.54) is 6.26 Å². The second-order valence-electron chi connectivity index (χ2n) is 6.10. The monoisotopic (exact) mass is 394 g/mol. The van der Waals surface area contributed by atoms with Gasteiger partial charge in [-0.2, -0.15) is 0 Å². The fourth-order valence-electron chi connectivity index (χ4n) is 2.56. The minimum absolute atomic E-state index is 0.0943. The lowest BCUT2D eigenvalue weighted by Gasteiger charge is -2.10. The van der Waals surface area contributed by atoms with Gasteiger partial charge in [0.2, 0.25) is 0 Å². The first-order valence-electron chi connectivity index (χ1n) is 9.20. The molecule has 0 radical (unpaired) electrons. The number of hydrogen-bond donors (Lipinski definition) is 2. The zero-order valence-corrected chi connectivity index (χ0v) is 16.0. The van der Waals surface area contributed by atoms with E-state index in [1.54, 1.807) is 54.6 Å². The van der Waals surface area contributed by atoms with Gasteiger partial charge in [-0.3, -0.25) is 9.59 Å². The Morgan fingerprint density at radius 3 is 2.41 bits per heavy atom. The second-order valence-corrected chi connectivity index (χ2v) is 6.10. The summed E-state index contributed by atoms with van der Waals surface area (Å²) >= 11 is 0. The Bertz CT molecular complexity index is 936. The second kappa shape index (κ2) is 9.98. The molecule has 0 atom stereocenters. The Kier molecular flexibility index (Phi) is 6.89. The summed E-state index contributed by atoms with van der Waals surface area (Å²) in [4.78, 5) is 24.1. The van der Waals surface area contributed by atoms with E-state index in [9.17, 15) is 9.59 Å². The number of furan rings is 1. The maximum atomic E-state index is 12.0. The highest BCUT2D eigenvalue weighted by atomic mass is 16.5. The van der Waals surface area contributed by atoms with Gasteiger partial charge in [-0.15, -0.1) is 0 Å². The van der Waals surface area contributed by atoms with Crippen LogP contribution in [0.3, 0.4) is 0 Å². The molecule has 0 unspecified atom stereocenters. The Morgan fingerprint density at radius 1 is 0.966 bits per heavy atom. The predicted octanol–water partition coefficient (Wildman–Crippen LogP) is 3.63. The number of rotatable bonds is 9.